The maximum Gasteiger partial charge on any atom is 0.350 e. The Balaban J connectivity index is 3.40. The maximum atomic E-state index is 11.7. The number of carbonyl (C=O) groups is 2. The van der Waals surface area contributed by atoms with Gasteiger partial charge in [0.1, 0.15) is 10.4 Å². The van der Waals surface area contributed by atoms with E-state index in [1.165, 1.54) is 14.2 Å². The lowest BCUT2D eigenvalue weighted by Crippen LogP contribution is -2.19. The van der Waals surface area contributed by atoms with E-state index in [0.29, 0.717) is 5.69 Å². The standard InChI is InChI=1S/C11H15NO4S/c1-11(2,3)8-6(9(13)15-4)7(17-12-8)10(14)16-5/h1-5H3. The first kappa shape index (κ1) is 13.6. The Kier molecular flexibility index (Phi) is 3.87. The summed E-state index contributed by atoms with van der Waals surface area (Å²) in [4.78, 5) is 23.4. The van der Waals surface area contributed by atoms with Crippen LogP contribution in [0.1, 0.15) is 46.5 Å². The Hall–Kier alpha value is -1.43. The summed E-state index contributed by atoms with van der Waals surface area (Å²) < 4.78 is 13.5. The van der Waals surface area contributed by atoms with Crippen LogP contribution >= 0.6 is 11.5 Å². The van der Waals surface area contributed by atoms with E-state index in [2.05, 4.69) is 13.8 Å². The first-order chi connectivity index (χ1) is 7.82. The Morgan fingerprint density at radius 2 is 1.65 bits per heavy atom. The number of rotatable bonds is 2. The molecule has 5 nitrogen and oxygen atoms in total. The molecule has 1 aromatic rings. The van der Waals surface area contributed by atoms with Gasteiger partial charge >= 0.3 is 11.9 Å². The fraction of sp³-hybridized carbons (Fsp3) is 0.545. The topological polar surface area (TPSA) is 65.5 Å². The van der Waals surface area contributed by atoms with Crippen LogP contribution in [-0.2, 0) is 14.9 Å². The lowest BCUT2D eigenvalue weighted by molar-refractivity contribution is 0.0558. The first-order valence-electron chi connectivity index (χ1n) is 4.99. The maximum absolute atomic E-state index is 11.7. The van der Waals surface area contributed by atoms with Crippen molar-refractivity contribution in [1.82, 2.24) is 4.37 Å². The molecule has 0 atom stereocenters. The van der Waals surface area contributed by atoms with Crippen LogP contribution < -0.4 is 0 Å². The Labute approximate surface area is 104 Å². The molecule has 0 aliphatic carbocycles. The molecular weight excluding hydrogens is 242 g/mol. The minimum atomic E-state index is -0.571. The van der Waals surface area contributed by atoms with Crippen molar-refractivity contribution < 1.29 is 19.1 Å². The summed E-state index contributed by atoms with van der Waals surface area (Å²) in [6.45, 7) is 5.74. The molecule has 0 fully saturated rings. The fourth-order valence-electron chi connectivity index (χ4n) is 1.33. The van der Waals surface area contributed by atoms with E-state index < -0.39 is 11.9 Å². The number of aromatic nitrogens is 1. The number of hydrogen-bond acceptors (Lipinski definition) is 6. The number of ether oxygens (including phenoxy) is 2. The number of nitrogens with zero attached hydrogens (tertiary/aromatic N) is 1. The van der Waals surface area contributed by atoms with Crippen molar-refractivity contribution in [3.05, 3.63) is 16.1 Å². The summed E-state index contributed by atoms with van der Waals surface area (Å²) in [5.41, 5.74) is 0.415. The van der Waals surface area contributed by atoms with Gasteiger partial charge in [0.25, 0.3) is 0 Å². The predicted molar refractivity (Wildman–Crippen MR) is 63.5 cm³/mol. The van der Waals surface area contributed by atoms with Crippen LogP contribution in [-0.4, -0.2) is 30.5 Å². The molecule has 0 aromatic carbocycles. The van der Waals surface area contributed by atoms with Gasteiger partial charge in [-0.1, -0.05) is 20.8 Å². The summed E-state index contributed by atoms with van der Waals surface area (Å²) in [7, 11) is 2.54. The van der Waals surface area contributed by atoms with E-state index in [-0.39, 0.29) is 15.9 Å². The highest BCUT2D eigenvalue weighted by molar-refractivity contribution is 7.08. The fourth-order valence-corrected chi connectivity index (χ4v) is 2.30. The summed E-state index contributed by atoms with van der Waals surface area (Å²) in [6.07, 6.45) is 0. The van der Waals surface area contributed by atoms with Gasteiger partial charge in [0.05, 0.1) is 19.9 Å². The molecule has 0 aliphatic rings. The third kappa shape index (κ3) is 2.63. The predicted octanol–water partition coefficient (Wildman–Crippen LogP) is 2.01. The van der Waals surface area contributed by atoms with Crippen molar-refractivity contribution in [2.24, 2.45) is 0 Å². The van der Waals surface area contributed by atoms with E-state index in [4.69, 9.17) is 0 Å². The largest absolute Gasteiger partial charge is 0.465 e. The number of esters is 2. The van der Waals surface area contributed by atoms with E-state index in [1.807, 2.05) is 20.8 Å². The van der Waals surface area contributed by atoms with E-state index in [9.17, 15) is 9.59 Å². The van der Waals surface area contributed by atoms with Crippen molar-refractivity contribution in [1.29, 1.82) is 0 Å². The van der Waals surface area contributed by atoms with Gasteiger partial charge in [-0.2, -0.15) is 4.37 Å². The second-order valence-electron chi connectivity index (χ2n) is 4.47. The van der Waals surface area contributed by atoms with Gasteiger partial charge in [0.15, 0.2) is 0 Å². The van der Waals surface area contributed by atoms with Gasteiger partial charge in [-0.25, -0.2) is 9.59 Å². The van der Waals surface area contributed by atoms with Crippen LogP contribution in [0.25, 0.3) is 0 Å². The minimum absolute atomic E-state index is 0.185. The quantitative estimate of drug-likeness (QED) is 0.758. The lowest BCUT2D eigenvalue weighted by atomic mass is 9.89. The molecule has 0 unspecified atom stereocenters. The van der Waals surface area contributed by atoms with E-state index >= 15 is 0 Å². The molecule has 0 N–H and O–H groups in total. The van der Waals surface area contributed by atoms with Crippen molar-refractivity contribution in [2.45, 2.75) is 26.2 Å². The van der Waals surface area contributed by atoms with Crippen LogP contribution in [0.5, 0.6) is 0 Å². The Bertz CT molecular complexity index is 445. The van der Waals surface area contributed by atoms with Crippen molar-refractivity contribution in [3.8, 4) is 0 Å². The first-order valence-corrected chi connectivity index (χ1v) is 5.77. The number of hydrogen-bond donors (Lipinski definition) is 0. The Morgan fingerprint density at radius 3 is 2.06 bits per heavy atom. The lowest BCUT2D eigenvalue weighted by Gasteiger charge is -2.16. The monoisotopic (exact) mass is 257 g/mol. The van der Waals surface area contributed by atoms with Gasteiger partial charge < -0.3 is 9.47 Å². The molecule has 1 rings (SSSR count). The average Bonchev–Trinajstić information content (AvgIpc) is 2.70. The van der Waals surface area contributed by atoms with Gasteiger partial charge in [0, 0.05) is 5.41 Å². The summed E-state index contributed by atoms with van der Waals surface area (Å²) in [6, 6.07) is 0. The highest BCUT2D eigenvalue weighted by atomic mass is 32.1. The summed E-state index contributed by atoms with van der Waals surface area (Å²) >= 11 is 0.954. The van der Waals surface area contributed by atoms with E-state index in [1.54, 1.807) is 0 Å². The van der Waals surface area contributed by atoms with Crippen molar-refractivity contribution >= 4 is 23.5 Å². The van der Waals surface area contributed by atoms with Gasteiger partial charge in [-0.3, -0.25) is 0 Å². The number of carbonyl (C=O) groups excluding carboxylic acids is 2. The zero-order valence-electron chi connectivity index (χ0n) is 10.5. The second-order valence-corrected chi connectivity index (χ2v) is 5.24. The molecule has 1 aromatic heterocycles. The molecule has 0 saturated carbocycles. The SMILES string of the molecule is COC(=O)c1snc(C(C)(C)C)c1C(=O)OC. The van der Waals surface area contributed by atoms with Crippen LogP contribution in [0.2, 0.25) is 0 Å². The van der Waals surface area contributed by atoms with Crippen molar-refractivity contribution in [2.75, 3.05) is 14.2 Å². The van der Waals surface area contributed by atoms with Crippen molar-refractivity contribution in [3.63, 3.8) is 0 Å². The van der Waals surface area contributed by atoms with Crippen LogP contribution in [0.4, 0.5) is 0 Å². The normalized spacial score (nSPS) is 11.1. The van der Waals surface area contributed by atoms with E-state index in [0.717, 1.165) is 11.5 Å². The Morgan fingerprint density at radius 1 is 1.12 bits per heavy atom. The minimum Gasteiger partial charge on any atom is -0.465 e. The van der Waals surface area contributed by atoms with Crippen LogP contribution in [0, 0.1) is 0 Å². The molecule has 0 radical (unpaired) electrons. The third-order valence-corrected chi connectivity index (χ3v) is 2.99. The van der Waals surface area contributed by atoms with Crippen LogP contribution in [0.3, 0.4) is 0 Å². The molecule has 0 aliphatic heterocycles. The molecule has 17 heavy (non-hydrogen) atoms. The molecule has 6 heteroatoms. The zero-order valence-corrected chi connectivity index (χ0v) is 11.3. The molecule has 94 valence electrons. The van der Waals surface area contributed by atoms with Gasteiger partial charge in [-0.15, -0.1) is 0 Å². The molecule has 1 heterocycles. The molecule has 0 saturated heterocycles. The summed E-state index contributed by atoms with van der Waals surface area (Å²) in [5, 5.41) is 0. The number of methoxy groups -OCH3 is 2. The van der Waals surface area contributed by atoms with Gasteiger partial charge in [-0.05, 0) is 11.5 Å². The average molecular weight is 257 g/mol. The highest BCUT2D eigenvalue weighted by Crippen LogP contribution is 2.30. The smallest absolute Gasteiger partial charge is 0.350 e. The molecule has 0 spiro atoms. The molecule has 0 amide bonds. The molecule has 0 bridgehead atoms. The van der Waals surface area contributed by atoms with Crippen LogP contribution in [0.15, 0.2) is 0 Å². The third-order valence-electron chi connectivity index (χ3n) is 2.16. The molecular formula is C11H15NO4S. The summed E-state index contributed by atoms with van der Waals surface area (Å²) in [5.74, 6) is -1.14. The second kappa shape index (κ2) is 4.83. The highest BCUT2D eigenvalue weighted by Gasteiger charge is 2.32. The zero-order chi connectivity index (χ0) is 13.2. The van der Waals surface area contributed by atoms with Gasteiger partial charge in [0.2, 0.25) is 0 Å².